The van der Waals surface area contributed by atoms with Crippen LogP contribution >= 0.6 is 0 Å². The zero-order chi connectivity index (χ0) is 17.7. The van der Waals surface area contributed by atoms with Crippen molar-refractivity contribution in [3.05, 3.63) is 0 Å². The molecule has 0 heterocycles. The molecule has 0 aliphatic carbocycles. The average Bonchev–Trinajstić information content (AvgIpc) is 2.12. The Balaban J connectivity index is -0.000000108. The monoisotopic (exact) mass is 433 g/mol. The predicted octanol–water partition coefficient (Wildman–Crippen LogP) is -4.43. The smallest absolute Gasteiger partial charge is 0.748 e. The third-order valence-corrected chi connectivity index (χ3v) is 3.07. The molecule has 0 aromatic rings. The van der Waals surface area contributed by atoms with E-state index in [9.17, 15) is 38.9 Å². The molecule has 0 rings (SSSR count). The van der Waals surface area contributed by atoms with E-state index in [1.54, 1.807) is 0 Å². The van der Waals surface area contributed by atoms with Crippen LogP contribution in [0.15, 0.2) is 0 Å². The summed E-state index contributed by atoms with van der Waals surface area (Å²) in [7, 11) is -12.5. The number of aliphatic hydroxyl groups excluding tert-OH is 3. The second kappa shape index (κ2) is 14.7. The first-order valence-electron chi connectivity index (χ1n) is 4.81. The zero-order valence-electron chi connectivity index (χ0n) is 10.8. The first-order chi connectivity index (χ1) is 9.18. The fourth-order valence-electron chi connectivity index (χ4n) is 0.335. The van der Waals surface area contributed by atoms with Gasteiger partial charge in [-0.3, -0.25) is 0 Å². The molecule has 1 radical (unpaired) electrons. The Morgan fingerprint density at radius 1 is 0.545 bits per heavy atom. The summed E-state index contributed by atoms with van der Waals surface area (Å²) in [5.41, 5.74) is 0. The van der Waals surface area contributed by atoms with Crippen molar-refractivity contribution in [2.75, 3.05) is 37.1 Å². The molecular formula is C6H15NiO12S3. The molecule has 0 saturated heterocycles. The van der Waals surface area contributed by atoms with Gasteiger partial charge in [-0.15, -0.1) is 0 Å². The summed E-state index contributed by atoms with van der Waals surface area (Å²) in [5.74, 6) is -2.06. The fourth-order valence-corrected chi connectivity index (χ4v) is 1.01. The van der Waals surface area contributed by atoms with Gasteiger partial charge in [0.15, 0.2) is 0 Å². The summed E-state index contributed by atoms with van der Waals surface area (Å²) in [6.07, 6.45) is 0. The van der Waals surface area contributed by atoms with Crippen LogP contribution in [0.4, 0.5) is 0 Å². The van der Waals surface area contributed by atoms with E-state index in [1.807, 2.05) is 0 Å². The third kappa shape index (κ3) is 50.1. The number of hydrogen-bond acceptors (Lipinski definition) is 12. The SMILES string of the molecule is O=S(=O)([O-])CCO.O=S(=O)([O-])CCO.O=S(=O)([O-])CCO.[Ni+3]. The molecule has 139 valence electrons. The van der Waals surface area contributed by atoms with Crippen LogP contribution < -0.4 is 0 Å². The molecule has 0 saturated carbocycles. The molecule has 0 fully saturated rings. The number of rotatable bonds is 6. The summed E-state index contributed by atoms with van der Waals surface area (Å²) in [6.45, 7) is -1.77. The van der Waals surface area contributed by atoms with Gasteiger partial charge in [0, 0.05) is 0 Å². The Morgan fingerprint density at radius 3 is 0.682 bits per heavy atom. The Bertz CT molecular complexity index is 455. The average molecular weight is 434 g/mol. The molecule has 0 spiro atoms. The first kappa shape index (κ1) is 30.0. The van der Waals surface area contributed by atoms with Crippen molar-refractivity contribution in [1.82, 2.24) is 0 Å². The van der Waals surface area contributed by atoms with Crippen molar-refractivity contribution in [3.8, 4) is 0 Å². The van der Waals surface area contributed by atoms with Crippen molar-refractivity contribution in [3.63, 3.8) is 0 Å². The minimum Gasteiger partial charge on any atom is -0.748 e. The summed E-state index contributed by atoms with van der Waals surface area (Å²) in [4.78, 5) is 0. The number of hydrogen-bond donors (Lipinski definition) is 3. The van der Waals surface area contributed by atoms with Gasteiger partial charge < -0.3 is 29.0 Å². The van der Waals surface area contributed by atoms with Gasteiger partial charge in [-0.1, -0.05) is 0 Å². The molecule has 22 heavy (non-hydrogen) atoms. The van der Waals surface area contributed by atoms with Gasteiger partial charge in [-0.25, -0.2) is 25.3 Å². The normalized spacial score (nSPS) is 11.2. The van der Waals surface area contributed by atoms with Crippen LogP contribution in [0.3, 0.4) is 0 Å². The Hall–Kier alpha value is 0.104. The quantitative estimate of drug-likeness (QED) is 0.265. The molecule has 0 aliphatic heterocycles. The molecule has 0 bridgehead atoms. The molecule has 12 nitrogen and oxygen atoms in total. The van der Waals surface area contributed by atoms with E-state index in [0.29, 0.717) is 0 Å². The molecule has 16 heteroatoms. The van der Waals surface area contributed by atoms with E-state index in [-0.39, 0.29) is 16.5 Å². The van der Waals surface area contributed by atoms with Gasteiger partial charge in [-0.2, -0.15) is 0 Å². The Morgan fingerprint density at radius 2 is 0.682 bits per heavy atom. The van der Waals surface area contributed by atoms with E-state index >= 15 is 0 Å². The molecule has 0 aliphatic rings. The Labute approximate surface area is 138 Å². The summed E-state index contributed by atoms with van der Waals surface area (Å²) >= 11 is 0. The van der Waals surface area contributed by atoms with Crippen molar-refractivity contribution in [1.29, 1.82) is 0 Å². The maximum Gasteiger partial charge on any atom is 3.00 e. The van der Waals surface area contributed by atoms with Crippen molar-refractivity contribution in [2.24, 2.45) is 0 Å². The van der Waals surface area contributed by atoms with Crippen LogP contribution in [-0.4, -0.2) is 91.3 Å². The maximum absolute atomic E-state index is 9.52. The third-order valence-electron chi connectivity index (χ3n) is 1.02. The van der Waals surface area contributed by atoms with Gasteiger partial charge in [0.25, 0.3) is 0 Å². The second-order valence-corrected chi connectivity index (χ2v) is 7.53. The summed E-state index contributed by atoms with van der Waals surface area (Å²) in [6, 6.07) is 0. The van der Waals surface area contributed by atoms with E-state index in [4.69, 9.17) is 15.3 Å². The first-order valence-corrected chi connectivity index (χ1v) is 9.55. The summed E-state index contributed by atoms with van der Waals surface area (Å²) in [5, 5.41) is 23.5. The van der Waals surface area contributed by atoms with E-state index < -0.39 is 67.4 Å². The van der Waals surface area contributed by atoms with E-state index in [2.05, 4.69) is 0 Å². The van der Waals surface area contributed by atoms with Crippen LogP contribution in [0, 0.1) is 0 Å². The molecule has 0 unspecified atom stereocenters. The zero-order valence-corrected chi connectivity index (χ0v) is 14.2. The van der Waals surface area contributed by atoms with Gasteiger partial charge in [0.05, 0.1) is 67.4 Å². The van der Waals surface area contributed by atoms with E-state index in [0.717, 1.165) is 0 Å². The van der Waals surface area contributed by atoms with E-state index in [1.165, 1.54) is 0 Å². The van der Waals surface area contributed by atoms with Gasteiger partial charge >= 0.3 is 16.5 Å². The minimum atomic E-state index is -4.17. The molecule has 0 amide bonds. The maximum atomic E-state index is 9.52. The molecule has 0 atom stereocenters. The van der Waals surface area contributed by atoms with Crippen molar-refractivity contribution < 1.29 is 70.7 Å². The van der Waals surface area contributed by atoms with Gasteiger partial charge in [0.1, 0.15) is 0 Å². The van der Waals surface area contributed by atoms with Crippen LogP contribution in [0.25, 0.3) is 0 Å². The number of aliphatic hydroxyl groups is 3. The van der Waals surface area contributed by atoms with Crippen LogP contribution in [0.5, 0.6) is 0 Å². The second-order valence-electron chi connectivity index (χ2n) is 2.96. The molecule has 3 N–H and O–H groups in total. The van der Waals surface area contributed by atoms with Crippen LogP contribution in [-0.2, 0) is 46.8 Å². The van der Waals surface area contributed by atoms with Crippen molar-refractivity contribution in [2.45, 2.75) is 0 Å². The standard InChI is InChI=1S/3C2H6O4S.Ni/c3*3-1-2-7(4,5)6;/h3*3H,1-2H2,(H,4,5,6);/q;;;+3/p-3. The van der Waals surface area contributed by atoms with Crippen LogP contribution in [0.2, 0.25) is 0 Å². The molecular weight excluding hydrogens is 419 g/mol. The van der Waals surface area contributed by atoms with Crippen LogP contribution in [0.1, 0.15) is 0 Å². The predicted molar refractivity (Wildman–Crippen MR) is 65.0 cm³/mol. The topological polar surface area (TPSA) is 232 Å². The largest absolute Gasteiger partial charge is 3.00 e. The Kier molecular flexibility index (Phi) is 20.0. The molecule has 0 aromatic heterocycles. The van der Waals surface area contributed by atoms with Gasteiger partial charge in [-0.05, 0) is 0 Å². The minimum absolute atomic E-state index is 0. The van der Waals surface area contributed by atoms with Crippen molar-refractivity contribution >= 4 is 30.4 Å². The molecule has 0 aromatic carbocycles. The van der Waals surface area contributed by atoms with Gasteiger partial charge in [0.2, 0.25) is 0 Å². The fraction of sp³-hybridized carbons (Fsp3) is 1.00. The summed E-state index contributed by atoms with van der Waals surface area (Å²) < 4.78 is 85.6.